The normalized spacial score (nSPS) is 13.4. The molecule has 1 rings (SSSR count). The lowest BCUT2D eigenvalue weighted by molar-refractivity contribution is -0.134. The van der Waals surface area contributed by atoms with Gasteiger partial charge in [-0.25, -0.2) is 4.68 Å². The highest BCUT2D eigenvalue weighted by atomic mass is 16.5. The number of hydrogen-bond acceptors (Lipinski definition) is 9. The molecule has 0 fully saturated rings. The molecule has 0 aliphatic carbocycles. The average molecular weight is 664 g/mol. The van der Waals surface area contributed by atoms with Crippen molar-refractivity contribution in [1.29, 1.82) is 0 Å². The molecule has 0 spiro atoms. The van der Waals surface area contributed by atoms with Crippen molar-refractivity contribution in [1.82, 2.24) is 25.6 Å². The SMILES string of the molecule is CC(C)C(=O)C(N)CCCCNC(=O)CCC(C)(C)OCC(C)(C)n1cc(CCC(=O)NCCCCC(C(N)=O)C(=O)C(C)C)nn1. The minimum atomic E-state index is -0.776. The van der Waals surface area contributed by atoms with Crippen LogP contribution in [0.25, 0.3) is 0 Å². The van der Waals surface area contributed by atoms with Crippen molar-refractivity contribution in [2.75, 3.05) is 19.7 Å². The number of ether oxygens (including phenoxy) is 1. The monoisotopic (exact) mass is 663 g/mol. The summed E-state index contributed by atoms with van der Waals surface area (Å²) in [7, 11) is 0. The number of ketones is 2. The largest absolute Gasteiger partial charge is 0.373 e. The molecule has 0 saturated carbocycles. The third-order valence-corrected chi connectivity index (χ3v) is 8.24. The third kappa shape index (κ3) is 16.5. The third-order valence-electron chi connectivity index (χ3n) is 8.24. The number of unbranched alkanes of at least 4 members (excludes halogenated alkanes) is 2. The number of hydrogen-bond donors (Lipinski definition) is 4. The zero-order valence-electron chi connectivity index (χ0n) is 30.0. The molecular weight excluding hydrogens is 602 g/mol. The number of aromatic nitrogens is 3. The molecule has 0 radical (unpaired) electrons. The second-order valence-corrected chi connectivity index (χ2v) is 14.4. The van der Waals surface area contributed by atoms with Gasteiger partial charge in [-0.2, -0.15) is 0 Å². The highest BCUT2D eigenvalue weighted by molar-refractivity contribution is 6.01. The number of carbonyl (C=O) groups is 5. The zero-order valence-corrected chi connectivity index (χ0v) is 30.0. The molecule has 1 aromatic rings. The van der Waals surface area contributed by atoms with Crippen LogP contribution in [0.1, 0.15) is 119 Å². The van der Waals surface area contributed by atoms with Crippen LogP contribution in [-0.4, -0.2) is 75.6 Å². The highest BCUT2D eigenvalue weighted by Gasteiger charge is 2.28. The van der Waals surface area contributed by atoms with Gasteiger partial charge in [0.05, 0.1) is 35.4 Å². The lowest BCUT2D eigenvalue weighted by Gasteiger charge is -2.31. The van der Waals surface area contributed by atoms with Gasteiger partial charge >= 0.3 is 0 Å². The van der Waals surface area contributed by atoms with E-state index in [-0.39, 0.29) is 41.6 Å². The quantitative estimate of drug-likeness (QED) is 0.0896. The molecule has 13 nitrogen and oxygen atoms in total. The number of nitrogens with zero attached hydrogens (tertiary/aromatic N) is 3. The number of amides is 3. The van der Waals surface area contributed by atoms with Crippen LogP contribution in [0.3, 0.4) is 0 Å². The Kier molecular flexibility index (Phi) is 18.0. The molecule has 1 heterocycles. The fourth-order valence-electron chi connectivity index (χ4n) is 4.87. The van der Waals surface area contributed by atoms with Gasteiger partial charge in [0.2, 0.25) is 17.7 Å². The highest BCUT2D eigenvalue weighted by Crippen LogP contribution is 2.23. The molecule has 3 amide bonds. The van der Waals surface area contributed by atoms with E-state index in [2.05, 4.69) is 20.9 Å². The Balaban J connectivity index is 2.36. The number of aryl methyl sites for hydroxylation is 1. The molecule has 47 heavy (non-hydrogen) atoms. The Morgan fingerprint density at radius 2 is 1.40 bits per heavy atom. The average Bonchev–Trinajstić information content (AvgIpc) is 3.49. The van der Waals surface area contributed by atoms with Gasteiger partial charge in [-0.15, -0.1) is 5.10 Å². The molecule has 13 heteroatoms. The Morgan fingerprint density at radius 1 is 0.851 bits per heavy atom. The van der Waals surface area contributed by atoms with Gasteiger partial charge in [0, 0.05) is 50.4 Å². The van der Waals surface area contributed by atoms with Gasteiger partial charge in [-0.05, 0) is 66.2 Å². The van der Waals surface area contributed by atoms with Gasteiger partial charge in [0.1, 0.15) is 5.78 Å². The summed E-state index contributed by atoms with van der Waals surface area (Å²) in [6.07, 6.45) is 7.20. The first-order valence-corrected chi connectivity index (χ1v) is 17.1. The number of carbonyl (C=O) groups excluding carboxylic acids is 5. The predicted molar refractivity (Wildman–Crippen MR) is 181 cm³/mol. The van der Waals surface area contributed by atoms with Crippen LogP contribution in [-0.2, 0) is 40.7 Å². The summed E-state index contributed by atoms with van der Waals surface area (Å²) in [6.45, 7) is 16.4. The van der Waals surface area contributed by atoms with Crippen LogP contribution < -0.4 is 22.1 Å². The Hall–Kier alpha value is -3.19. The first kappa shape index (κ1) is 41.8. The summed E-state index contributed by atoms with van der Waals surface area (Å²) in [5.74, 6) is -1.90. The van der Waals surface area contributed by atoms with Crippen molar-refractivity contribution in [3.05, 3.63) is 11.9 Å². The van der Waals surface area contributed by atoms with E-state index in [4.69, 9.17) is 16.2 Å². The van der Waals surface area contributed by atoms with E-state index >= 15 is 0 Å². The number of nitrogens with one attached hydrogen (secondary N) is 2. The minimum Gasteiger partial charge on any atom is -0.373 e. The maximum atomic E-state index is 12.4. The fraction of sp³-hybridized carbons (Fsp3) is 0.794. The lowest BCUT2D eigenvalue weighted by atomic mass is 9.90. The van der Waals surface area contributed by atoms with Crippen molar-refractivity contribution in [2.45, 2.75) is 137 Å². The fourth-order valence-corrected chi connectivity index (χ4v) is 4.87. The standard InChI is InChI=1S/C34H61N7O6/c1-23(2)30(44)26(32(36)46)13-9-11-19-37-28(42)16-15-25-21-41(40-39-25)33(5,6)22-47-34(7,8)18-17-29(43)38-20-12-10-14-27(35)31(45)24(3)4/h21,23-24,26-27H,9-20,22,35H2,1-8H3,(H2,36,46)(H,37,42)(H,38,43). The maximum absolute atomic E-state index is 12.4. The second kappa shape index (κ2) is 20.2. The van der Waals surface area contributed by atoms with Gasteiger partial charge in [-0.1, -0.05) is 39.3 Å². The van der Waals surface area contributed by atoms with Crippen LogP contribution in [0.2, 0.25) is 0 Å². The number of nitrogens with two attached hydrogens (primary N) is 2. The van der Waals surface area contributed by atoms with E-state index in [1.54, 1.807) is 18.5 Å². The number of Topliss-reactive ketones (excluding diaryl/α,β-unsaturated/α-hetero) is 2. The molecule has 0 aliphatic rings. The summed E-state index contributed by atoms with van der Waals surface area (Å²) in [5.41, 5.74) is 11.0. The van der Waals surface area contributed by atoms with E-state index in [0.717, 1.165) is 12.8 Å². The Morgan fingerprint density at radius 3 is 1.96 bits per heavy atom. The molecule has 1 aromatic heterocycles. The first-order chi connectivity index (χ1) is 21.9. The van der Waals surface area contributed by atoms with Gasteiger partial charge in [-0.3, -0.25) is 24.0 Å². The van der Waals surface area contributed by atoms with Crippen molar-refractivity contribution >= 4 is 29.3 Å². The van der Waals surface area contributed by atoms with E-state index in [1.807, 2.05) is 47.7 Å². The van der Waals surface area contributed by atoms with E-state index in [9.17, 15) is 24.0 Å². The zero-order chi connectivity index (χ0) is 35.8. The van der Waals surface area contributed by atoms with Gasteiger partial charge in [0.15, 0.2) is 5.78 Å². The van der Waals surface area contributed by atoms with Crippen LogP contribution in [0.15, 0.2) is 6.20 Å². The number of primary amides is 1. The van der Waals surface area contributed by atoms with Gasteiger partial charge < -0.3 is 26.8 Å². The summed E-state index contributed by atoms with van der Waals surface area (Å²) in [5, 5.41) is 14.3. The molecule has 0 saturated heterocycles. The smallest absolute Gasteiger partial charge is 0.228 e. The van der Waals surface area contributed by atoms with Crippen molar-refractivity contribution in [3.8, 4) is 0 Å². The van der Waals surface area contributed by atoms with Crippen molar-refractivity contribution in [2.24, 2.45) is 29.2 Å². The molecule has 0 bridgehead atoms. The van der Waals surface area contributed by atoms with Crippen LogP contribution >= 0.6 is 0 Å². The first-order valence-electron chi connectivity index (χ1n) is 17.1. The Bertz CT molecular complexity index is 1160. The van der Waals surface area contributed by atoms with E-state index in [1.165, 1.54) is 0 Å². The maximum Gasteiger partial charge on any atom is 0.228 e. The summed E-state index contributed by atoms with van der Waals surface area (Å²) in [6, 6.07) is -0.439. The molecule has 2 atom stereocenters. The Labute approximate surface area is 281 Å². The molecule has 268 valence electrons. The molecule has 0 aromatic carbocycles. The summed E-state index contributed by atoms with van der Waals surface area (Å²) >= 11 is 0. The lowest BCUT2D eigenvalue weighted by Crippen LogP contribution is -2.38. The predicted octanol–water partition coefficient (Wildman–Crippen LogP) is 2.97. The summed E-state index contributed by atoms with van der Waals surface area (Å²) in [4.78, 5) is 60.3. The van der Waals surface area contributed by atoms with Crippen LogP contribution in [0.5, 0.6) is 0 Å². The second-order valence-electron chi connectivity index (χ2n) is 14.4. The molecule has 6 N–H and O–H groups in total. The summed E-state index contributed by atoms with van der Waals surface area (Å²) < 4.78 is 7.94. The molecule has 0 aliphatic heterocycles. The van der Waals surface area contributed by atoms with Crippen molar-refractivity contribution in [3.63, 3.8) is 0 Å². The van der Waals surface area contributed by atoms with Gasteiger partial charge in [0.25, 0.3) is 0 Å². The van der Waals surface area contributed by atoms with Crippen LogP contribution in [0.4, 0.5) is 0 Å². The molecular formula is C34H61N7O6. The van der Waals surface area contributed by atoms with Crippen molar-refractivity contribution < 1.29 is 28.7 Å². The van der Waals surface area contributed by atoms with E-state index in [0.29, 0.717) is 70.3 Å². The van der Waals surface area contributed by atoms with Crippen LogP contribution in [0, 0.1) is 17.8 Å². The minimum absolute atomic E-state index is 0.0386. The van der Waals surface area contributed by atoms with E-state index < -0.39 is 29.0 Å². The topological polar surface area (TPSA) is 201 Å². The number of rotatable bonds is 25. The molecule has 2 unspecified atom stereocenters.